The molecule has 0 spiro atoms. The van der Waals surface area contributed by atoms with Gasteiger partial charge in [-0.3, -0.25) is 4.90 Å². The number of halogens is 4. The molecule has 4 aliphatic heterocycles. The summed E-state index contributed by atoms with van der Waals surface area (Å²) in [4.78, 5) is 13.3. The highest BCUT2D eigenvalue weighted by atomic mass is 35.5. The van der Waals surface area contributed by atoms with Crippen LogP contribution < -0.4 is 20.1 Å². The lowest BCUT2D eigenvalue weighted by Gasteiger charge is -2.31. The van der Waals surface area contributed by atoms with E-state index in [1.165, 1.54) is 18.2 Å². The molecule has 0 bridgehead atoms. The fraction of sp³-hybridized carbons (Fsp3) is 0.394. The predicted octanol–water partition coefficient (Wildman–Crippen LogP) is 5.90. The fourth-order valence-electron chi connectivity index (χ4n) is 7.59. The predicted molar refractivity (Wildman–Crippen MR) is 174 cm³/mol. The number of rotatable bonds is 4. The molecule has 3 fully saturated rings. The van der Waals surface area contributed by atoms with Gasteiger partial charge in [-0.05, 0) is 36.6 Å². The smallest absolute Gasteiger partial charge is 0.319 e. The van der Waals surface area contributed by atoms with Gasteiger partial charge in [-0.2, -0.15) is 20.5 Å². The van der Waals surface area contributed by atoms with Crippen LogP contribution in [0.15, 0.2) is 23.8 Å². The minimum atomic E-state index is -0.974. The summed E-state index contributed by atoms with van der Waals surface area (Å²) < 4.78 is 65.2. The summed E-state index contributed by atoms with van der Waals surface area (Å²) in [5.41, 5.74) is 6.07. The Morgan fingerprint density at radius 3 is 2.90 bits per heavy atom. The zero-order chi connectivity index (χ0) is 33.3. The Hall–Kier alpha value is -4.34. The van der Waals surface area contributed by atoms with Crippen molar-refractivity contribution in [3.05, 3.63) is 46.0 Å². The third kappa shape index (κ3) is 4.73. The van der Waals surface area contributed by atoms with Crippen molar-refractivity contribution in [3.63, 3.8) is 0 Å². The maximum atomic E-state index is 17.2. The van der Waals surface area contributed by atoms with E-state index < -0.39 is 29.4 Å². The molecule has 6 heterocycles. The van der Waals surface area contributed by atoms with Crippen LogP contribution in [0.3, 0.4) is 0 Å². The average molecular weight is 694 g/mol. The summed E-state index contributed by atoms with van der Waals surface area (Å²) in [6.07, 6.45) is 2.41. The Labute approximate surface area is 281 Å². The van der Waals surface area contributed by atoms with Crippen molar-refractivity contribution in [1.29, 1.82) is 10.5 Å². The first kappa shape index (κ1) is 31.0. The number of nitrogens with two attached hydrogens (primary N) is 1. The number of anilines is 2. The SMILES string of the molecule is N#C/C=C1\COCC2COc3c(Cl)c(-c4ccc(F)c5sc(N)c(C#N)c45)c(F)c4nc(OC[C@@]56CCCN5C[C@H](F)C6)nc(c34)N2C1. The Kier molecular flexibility index (Phi) is 7.53. The van der Waals surface area contributed by atoms with E-state index in [2.05, 4.69) is 9.88 Å². The molecule has 3 atom stereocenters. The van der Waals surface area contributed by atoms with Gasteiger partial charge < -0.3 is 24.8 Å². The molecule has 15 heteroatoms. The fourth-order valence-corrected chi connectivity index (χ4v) is 8.87. The maximum Gasteiger partial charge on any atom is 0.319 e. The molecule has 0 aliphatic carbocycles. The highest BCUT2D eigenvalue weighted by Gasteiger charge is 2.49. The number of ether oxygens (including phenoxy) is 3. The first-order chi connectivity index (χ1) is 23.2. The summed E-state index contributed by atoms with van der Waals surface area (Å²) >= 11 is 7.90. The zero-order valence-corrected chi connectivity index (χ0v) is 26.9. The lowest BCUT2D eigenvalue weighted by atomic mass is 9.95. The molecular formula is C33H27ClF3N7O3S. The van der Waals surface area contributed by atoms with Gasteiger partial charge in [0.1, 0.15) is 47.6 Å². The third-order valence-electron chi connectivity index (χ3n) is 9.75. The first-order valence-electron chi connectivity index (χ1n) is 15.4. The van der Waals surface area contributed by atoms with Crippen molar-refractivity contribution < 1.29 is 27.4 Å². The van der Waals surface area contributed by atoms with E-state index in [4.69, 9.17) is 36.5 Å². The number of nitrogens with zero attached hydrogens (tertiary/aromatic N) is 6. The second-order valence-corrected chi connectivity index (χ2v) is 14.0. The van der Waals surface area contributed by atoms with Crippen LogP contribution in [0, 0.1) is 34.3 Å². The lowest BCUT2D eigenvalue weighted by molar-refractivity contribution is 0.107. The normalized spacial score (nSPS) is 24.5. The van der Waals surface area contributed by atoms with Crippen LogP contribution in [-0.4, -0.2) is 78.7 Å². The molecule has 1 unspecified atom stereocenters. The van der Waals surface area contributed by atoms with Gasteiger partial charge in [0.25, 0.3) is 0 Å². The largest absolute Gasteiger partial charge is 0.489 e. The second kappa shape index (κ2) is 11.7. The molecule has 10 nitrogen and oxygen atoms in total. The molecule has 2 aromatic heterocycles. The van der Waals surface area contributed by atoms with Gasteiger partial charge in [0.05, 0.1) is 51.5 Å². The van der Waals surface area contributed by atoms with E-state index in [1.807, 2.05) is 17.0 Å². The maximum absolute atomic E-state index is 17.2. The van der Waals surface area contributed by atoms with E-state index in [9.17, 15) is 19.3 Å². The van der Waals surface area contributed by atoms with Crippen LogP contribution in [0.1, 0.15) is 24.8 Å². The Balaban J connectivity index is 1.36. The minimum absolute atomic E-state index is 0.00434. The summed E-state index contributed by atoms with van der Waals surface area (Å²) in [6, 6.07) is 6.04. The Morgan fingerprint density at radius 2 is 2.08 bits per heavy atom. The van der Waals surface area contributed by atoms with E-state index >= 15 is 4.39 Å². The third-order valence-corrected chi connectivity index (χ3v) is 11.1. The van der Waals surface area contributed by atoms with Gasteiger partial charge in [-0.25, -0.2) is 13.2 Å². The molecule has 0 saturated carbocycles. The molecule has 4 aromatic rings. The second-order valence-electron chi connectivity index (χ2n) is 12.5. The monoisotopic (exact) mass is 693 g/mol. The van der Waals surface area contributed by atoms with Crippen LogP contribution in [0.2, 0.25) is 5.02 Å². The number of thiophene rings is 1. The molecular weight excluding hydrogens is 667 g/mol. The number of nitriles is 2. The number of aromatic nitrogens is 2. The number of benzene rings is 2. The van der Waals surface area contributed by atoms with Crippen LogP contribution in [-0.2, 0) is 4.74 Å². The molecule has 48 heavy (non-hydrogen) atoms. The molecule has 2 aromatic carbocycles. The lowest BCUT2D eigenvalue weighted by Crippen LogP contribution is -2.43. The molecule has 246 valence electrons. The van der Waals surface area contributed by atoms with E-state index in [0.717, 1.165) is 30.7 Å². The average Bonchev–Trinajstić information content (AvgIpc) is 3.61. The number of hydrogen-bond acceptors (Lipinski definition) is 11. The number of fused-ring (bicyclic) bond motifs is 4. The zero-order valence-electron chi connectivity index (χ0n) is 25.4. The van der Waals surface area contributed by atoms with Gasteiger partial charge in [0.15, 0.2) is 11.6 Å². The standard InChI is InChI=1S/C33H27ClF3N7O3S/c34-25-23(19-2-3-21(36)29-22(19)20(9-39)30(40)48-29)26(37)27-24-28(25)46-14-18-13-45-12-16(4-6-38)10-44(18)31(24)42-32(41-27)47-15-33-5-1-7-43(33)11-17(35)8-33/h2-4,17-18H,1,5,7-8,10-15,40H2/b16-4-/t17-,18?,33+/m1/s1. The molecule has 8 rings (SSSR count). The topological polar surface area (TPSA) is 134 Å². The Morgan fingerprint density at radius 1 is 1.23 bits per heavy atom. The van der Waals surface area contributed by atoms with Crippen molar-refractivity contribution in [1.82, 2.24) is 14.9 Å². The first-order valence-corrected chi connectivity index (χ1v) is 16.6. The van der Waals surface area contributed by atoms with Crippen LogP contribution in [0.5, 0.6) is 11.8 Å². The highest BCUT2D eigenvalue weighted by molar-refractivity contribution is 7.23. The molecule has 2 N–H and O–H groups in total. The number of hydrogen-bond donors (Lipinski definition) is 1. The van der Waals surface area contributed by atoms with Gasteiger partial charge in [0, 0.05) is 36.5 Å². The molecule has 0 radical (unpaired) electrons. The van der Waals surface area contributed by atoms with Gasteiger partial charge >= 0.3 is 6.01 Å². The van der Waals surface area contributed by atoms with Crippen molar-refractivity contribution in [2.45, 2.75) is 37.0 Å². The van der Waals surface area contributed by atoms with E-state index in [-0.39, 0.29) is 98.3 Å². The Bertz CT molecular complexity index is 2130. The van der Waals surface area contributed by atoms with Crippen molar-refractivity contribution in [2.75, 3.05) is 56.7 Å². The number of alkyl halides is 1. The summed E-state index contributed by atoms with van der Waals surface area (Å²) in [5, 5.41) is 19.6. The van der Waals surface area contributed by atoms with Crippen molar-refractivity contribution in [3.8, 4) is 35.0 Å². The van der Waals surface area contributed by atoms with Gasteiger partial charge in [-0.15, -0.1) is 11.3 Å². The quantitative estimate of drug-likeness (QED) is 0.258. The van der Waals surface area contributed by atoms with Gasteiger partial charge in [0.2, 0.25) is 0 Å². The summed E-state index contributed by atoms with van der Waals surface area (Å²) in [7, 11) is 0. The van der Waals surface area contributed by atoms with E-state index in [0.29, 0.717) is 18.5 Å². The number of nitrogen functional groups attached to an aromatic ring is 1. The van der Waals surface area contributed by atoms with Crippen LogP contribution in [0.25, 0.3) is 32.1 Å². The molecule has 4 aliphatic rings. The highest BCUT2D eigenvalue weighted by Crippen LogP contribution is 2.51. The summed E-state index contributed by atoms with van der Waals surface area (Å²) in [5.74, 6) is -1.11. The molecule has 0 amide bonds. The summed E-state index contributed by atoms with van der Waals surface area (Å²) in [6.45, 7) is 1.92. The van der Waals surface area contributed by atoms with Crippen LogP contribution >= 0.6 is 22.9 Å². The minimum Gasteiger partial charge on any atom is -0.489 e. The van der Waals surface area contributed by atoms with Crippen LogP contribution in [0.4, 0.5) is 24.0 Å². The van der Waals surface area contributed by atoms with Crippen molar-refractivity contribution >= 4 is 54.7 Å². The van der Waals surface area contributed by atoms with Crippen molar-refractivity contribution in [2.24, 2.45) is 0 Å². The number of allylic oxidation sites excluding steroid dienone is 1. The van der Waals surface area contributed by atoms with E-state index in [1.54, 1.807) is 0 Å². The van der Waals surface area contributed by atoms with Gasteiger partial charge in [-0.1, -0.05) is 17.7 Å². The molecule has 3 saturated heterocycles.